The normalized spacial score (nSPS) is 23.6. The van der Waals surface area contributed by atoms with E-state index in [1.807, 2.05) is 36.4 Å². The minimum atomic E-state index is -4.67. The van der Waals surface area contributed by atoms with Crippen molar-refractivity contribution in [3.63, 3.8) is 0 Å². The van der Waals surface area contributed by atoms with Crippen LogP contribution in [0.1, 0.15) is 35.8 Å². The first-order valence-electron chi connectivity index (χ1n) is 9.90. The Morgan fingerprint density at radius 1 is 1.10 bits per heavy atom. The Kier molecular flexibility index (Phi) is 5.78. The number of rotatable bonds is 5. The van der Waals surface area contributed by atoms with E-state index >= 15 is 0 Å². The Balaban J connectivity index is 1.71. The zero-order chi connectivity index (χ0) is 22.1. The number of hydrogen-bond acceptors (Lipinski definition) is 6. The molecule has 1 fully saturated rings. The van der Waals surface area contributed by atoms with Gasteiger partial charge in [-0.3, -0.25) is 5.84 Å². The van der Waals surface area contributed by atoms with E-state index in [0.29, 0.717) is 24.9 Å². The second kappa shape index (κ2) is 8.37. The number of tetrazole rings is 1. The number of ether oxygens (including phenoxy) is 1. The maximum absolute atomic E-state index is 13.6. The van der Waals surface area contributed by atoms with Gasteiger partial charge in [-0.2, -0.15) is 13.2 Å². The number of halogens is 3. The van der Waals surface area contributed by atoms with Crippen molar-refractivity contribution in [1.29, 1.82) is 0 Å². The van der Waals surface area contributed by atoms with Crippen LogP contribution in [0.5, 0.6) is 0 Å². The molecule has 3 atom stereocenters. The molecule has 1 saturated heterocycles. The van der Waals surface area contributed by atoms with Gasteiger partial charge in [0.1, 0.15) is 0 Å². The summed E-state index contributed by atoms with van der Waals surface area (Å²) in [4.78, 5) is 0. The van der Waals surface area contributed by atoms with Crippen LogP contribution in [0.15, 0.2) is 60.7 Å². The van der Waals surface area contributed by atoms with Crippen molar-refractivity contribution >= 4 is 0 Å². The van der Waals surface area contributed by atoms with E-state index in [9.17, 15) is 13.2 Å². The van der Waals surface area contributed by atoms with Gasteiger partial charge < -0.3 is 4.74 Å². The highest BCUT2D eigenvalue weighted by molar-refractivity contribution is 5.25. The third-order valence-corrected chi connectivity index (χ3v) is 5.91. The standard InChI is InChI=1S/C21H23F3N6O/c1-31-20(17-10-6-3-7-11-17)13-12-16(14-29(20)25)18(15-8-4-2-5-9-15)30-19(21(22,23)24)26-27-28-30/h2-11,16,18H,12-14,25H2,1H3/t16?,18?,20-/m0/s1. The van der Waals surface area contributed by atoms with Crippen molar-refractivity contribution in [3.8, 4) is 0 Å². The van der Waals surface area contributed by atoms with E-state index in [-0.39, 0.29) is 5.92 Å². The first kappa shape index (κ1) is 21.4. The van der Waals surface area contributed by atoms with E-state index in [4.69, 9.17) is 10.6 Å². The molecule has 0 amide bonds. The van der Waals surface area contributed by atoms with Crippen LogP contribution < -0.4 is 5.84 Å². The third kappa shape index (κ3) is 3.93. The molecule has 2 N–H and O–H groups in total. The monoisotopic (exact) mass is 432 g/mol. The molecule has 2 unspecified atom stereocenters. The molecule has 1 aliphatic heterocycles. The molecule has 2 aromatic carbocycles. The second-order valence-corrected chi connectivity index (χ2v) is 7.61. The molecule has 7 nitrogen and oxygen atoms in total. The second-order valence-electron chi connectivity index (χ2n) is 7.61. The van der Waals surface area contributed by atoms with Crippen LogP contribution in [0, 0.1) is 5.92 Å². The highest BCUT2D eigenvalue weighted by Crippen LogP contribution is 2.43. The lowest BCUT2D eigenvalue weighted by molar-refractivity contribution is -0.181. The third-order valence-electron chi connectivity index (χ3n) is 5.91. The van der Waals surface area contributed by atoms with E-state index in [1.165, 1.54) is 0 Å². The molecule has 1 aliphatic rings. The highest BCUT2D eigenvalue weighted by atomic mass is 19.4. The molecular weight excluding hydrogens is 409 g/mol. The summed E-state index contributed by atoms with van der Waals surface area (Å²) in [6, 6.07) is 17.8. The Morgan fingerprint density at radius 3 is 2.32 bits per heavy atom. The Bertz CT molecular complexity index is 997. The average Bonchev–Trinajstić information content (AvgIpc) is 3.26. The van der Waals surface area contributed by atoms with Crippen LogP contribution in [0.3, 0.4) is 0 Å². The van der Waals surface area contributed by atoms with E-state index in [2.05, 4.69) is 15.5 Å². The fourth-order valence-electron chi connectivity index (χ4n) is 4.45. The van der Waals surface area contributed by atoms with Crippen molar-refractivity contribution in [2.75, 3.05) is 13.7 Å². The summed E-state index contributed by atoms with van der Waals surface area (Å²) in [5.74, 6) is 5.06. The molecule has 0 bridgehead atoms. The summed E-state index contributed by atoms with van der Waals surface area (Å²) in [6.07, 6.45) is -3.61. The topological polar surface area (TPSA) is 82.1 Å². The number of aromatic nitrogens is 4. The summed E-state index contributed by atoms with van der Waals surface area (Å²) in [6.45, 7) is 0.291. The first-order valence-corrected chi connectivity index (χ1v) is 9.90. The lowest BCUT2D eigenvalue weighted by Gasteiger charge is -2.47. The summed E-state index contributed by atoms with van der Waals surface area (Å²) < 4.78 is 47.5. The van der Waals surface area contributed by atoms with Gasteiger partial charge in [0.05, 0.1) is 6.04 Å². The smallest absolute Gasteiger partial charge is 0.358 e. The lowest BCUT2D eigenvalue weighted by atomic mass is 9.81. The zero-order valence-corrected chi connectivity index (χ0v) is 16.9. The summed E-state index contributed by atoms with van der Waals surface area (Å²) in [5.41, 5.74) is 0.725. The van der Waals surface area contributed by atoms with Crippen molar-refractivity contribution < 1.29 is 17.9 Å². The van der Waals surface area contributed by atoms with Gasteiger partial charge in [-0.1, -0.05) is 60.7 Å². The Labute approximate surface area is 177 Å². The van der Waals surface area contributed by atoms with Crippen molar-refractivity contribution in [1.82, 2.24) is 25.2 Å². The number of nitrogens with two attached hydrogens (primary N) is 1. The van der Waals surface area contributed by atoms with Crippen molar-refractivity contribution in [2.24, 2.45) is 11.8 Å². The van der Waals surface area contributed by atoms with E-state index < -0.39 is 23.8 Å². The summed E-state index contributed by atoms with van der Waals surface area (Å²) in [5, 5.41) is 11.9. The molecule has 31 heavy (non-hydrogen) atoms. The number of piperidine rings is 1. The van der Waals surface area contributed by atoms with Crippen LogP contribution in [-0.2, 0) is 16.6 Å². The number of benzene rings is 2. The summed E-state index contributed by atoms with van der Waals surface area (Å²) in [7, 11) is 1.59. The molecule has 10 heteroatoms. The number of methoxy groups -OCH3 is 1. The fraction of sp³-hybridized carbons (Fsp3) is 0.381. The molecular formula is C21H23F3N6O. The maximum atomic E-state index is 13.6. The molecule has 4 rings (SSSR count). The van der Waals surface area contributed by atoms with Crippen LogP contribution in [0.25, 0.3) is 0 Å². The predicted octanol–water partition coefficient (Wildman–Crippen LogP) is 3.37. The van der Waals surface area contributed by atoms with Gasteiger partial charge in [-0.15, -0.1) is 5.10 Å². The quantitative estimate of drug-likeness (QED) is 0.623. The Morgan fingerprint density at radius 2 is 1.74 bits per heavy atom. The number of hydrazine groups is 1. The van der Waals surface area contributed by atoms with Gasteiger partial charge in [0.15, 0.2) is 5.72 Å². The number of nitrogens with zero attached hydrogens (tertiary/aromatic N) is 5. The molecule has 0 radical (unpaired) electrons. The van der Waals surface area contributed by atoms with Crippen LogP contribution in [-0.4, -0.2) is 38.9 Å². The largest absolute Gasteiger partial charge is 0.453 e. The lowest BCUT2D eigenvalue weighted by Crippen LogP contribution is -2.57. The van der Waals surface area contributed by atoms with Crippen molar-refractivity contribution in [3.05, 3.63) is 77.6 Å². The number of hydrogen-bond donors (Lipinski definition) is 1. The molecule has 2 heterocycles. The van der Waals surface area contributed by atoms with Crippen molar-refractivity contribution in [2.45, 2.75) is 30.8 Å². The molecule has 164 valence electrons. The molecule has 0 saturated carbocycles. The number of alkyl halides is 3. The van der Waals surface area contributed by atoms with Crippen LogP contribution >= 0.6 is 0 Å². The average molecular weight is 432 g/mol. The minimum Gasteiger partial charge on any atom is -0.358 e. The molecule has 0 aliphatic carbocycles. The van der Waals surface area contributed by atoms with Gasteiger partial charge in [0.25, 0.3) is 5.82 Å². The van der Waals surface area contributed by atoms with E-state index in [1.54, 1.807) is 36.4 Å². The van der Waals surface area contributed by atoms with Crippen LogP contribution in [0.4, 0.5) is 13.2 Å². The molecule has 0 spiro atoms. The highest BCUT2D eigenvalue weighted by Gasteiger charge is 2.47. The molecule has 3 aromatic rings. The summed E-state index contributed by atoms with van der Waals surface area (Å²) >= 11 is 0. The molecule has 1 aromatic heterocycles. The van der Waals surface area contributed by atoms with Gasteiger partial charge in [-0.25, -0.2) is 9.69 Å². The predicted molar refractivity (Wildman–Crippen MR) is 106 cm³/mol. The first-order chi connectivity index (χ1) is 14.9. The van der Waals surface area contributed by atoms with Gasteiger partial charge >= 0.3 is 6.18 Å². The minimum absolute atomic E-state index is 0.274. The van der Waals surface area contributed by atoms with Gasteiger partial charge in [-0.05, 0) is 34.4 Å². The van der Waals surface area contributed by atoms with Gasteiger partial charge in [0.2, 0.25) is 0 Å². The fourth-order valence-corrected chi connectivity index (χ4v) is 4.45. The maximum Gasteiger partial charge on any atom is 0.453 e. The SMILES string of the molecule is CO[C@]1(c2ccccc2)CCC(C(c2ccccc2)n2nnnc2C(F)(F)F)CN1N. The van der Waals surface area contributed by atoms with E-state index in [0.717, 1.165) is 10.2 Å². The Hall–Kier alpha value is -2.82. The zero-order valence-electron chi connectivity index (χ0n) is 16.9. The van der Waals surface area contributed by atoms with Crippen LogP contribution in [0.2, 0.25) is 0 Å². The van der Waals surface area contributed by atoms with Gasteiger partial charge in [0, 0.05) is 19.6 Å².